The van der Waals surface area contributed by atoms with Crippen molar-refractivity contribution in [1.29, 1.82) is 0 Å². The maximum absolute atomic E-state index is 12.1. The Kier molecular flexibility index (Phi) is 3.23. The van der Waals surface area contributed by atoms with Gasteiger partial charge in [-0.2, -0.15) is 5.10 Å². The summed E-state index contributed by atoms with van der Waals surface area (Å²) in [6, 6.07) is 4.93. The molecule has 0 aliphatic carbocycles. The van der Waals surface area contributed by atoms with Crippen molar-refractivity contribution in [2.75, 3.05) is 17.9 Å². The molecule has 7 nitrogen and oxygen atoms in total. The van der Waals surface area contributed by atoms with Crippen molar-refractivity contribution in [2.45, 2.75) is 11.3 Å². The summed E-state index contributed by atoms with van der Waals surface area (Å²) in [5, 5.41) is 6.09. The van der Waals surface area contributed by atoms with Crippen LogP contribution in [0.4, 0.5) is 5.69 Å². The minimum Gasteiger partial charge on any atom is -0.490 e. The number of aromatic nitrogens is 2. The van der Waals surface area contributed by atoms with Crippen molar-refractivity contribution < 1.29 is 17.9 Å². The van der Waals surface area contributed by atoms with Crippen LogP contribution in [-0.2, 0) is 10.0 Å². The van der Waals surface area contributed by atoms with E-state index in [4.69, 9.17) is 9.47 Å². The molecule has 0 saturated heterocycles. The predicted molar refractivity (Wildman–Crippen MR) is 71.4 cm³/mol. The number of nitrogens with zero attached hydrogens (tertiary/aromatic N) is 1. The van der Waals surface area contributed by atoms with Gasteiger partial charge in [-0.25, -0.2) is 8.42 Å². The zero-order valence-corrected chi connectivity index (χ0v) is 11.3. The molecule has 3 rings (SSSR count). The van der Waals surface area contributed by atoms with Gasteiger partial charge in [0.25, 0.3) is 10.0 Å². The molecule has 20 heavy (non-hydrogen) atoms. The highest BCUT2D eigenvalue weighted by Gasteiger charge is 2.17. The van der Waals surface area contributed by atoms with Crippen LogP contribution < -0.4 is 14.2 Å². The van der Waals surface area contributed by atoms with E-state index in [1.165, 1.54) is 12.4 Å². The zero-order chi connectivity index (χ0) is 14.0. The van der Waals surface area contributed by atoms with Crippen molar-refractivity contribution in [1.82, 2.24) is 10.2 Å². The molecule has 0 fully saturated rings. The van der Waals surface area contributed by atoms with Gasteiger partial charge in [-0.3, -0.25) is 9.82 Å². The van der Waals surface area contributed by atoms with E-state index < -0.39 is 10.0 Å². The molecule has 2 N–H and O–H groups in total. The SMILES string of the molecule is O=S(=O)(Nc1ccc2c(c1)OCCCO2)c1cn[nH]c1. The molecule has 8 heteroatoms. The number of H-pyrrole nitrogens is 1. The van der Waals surface area contributed by atoms with Gasteiger partial charge in [-0.1, -0.05) is 0 Å². The maximum Gasteiger partial charge on any atom is 0.265 e. The van der Waals surface area contributed by atoms with Gasteiger partial charge in [0.15, 0.2) is 11.5 Å². The third kappa shape index (κ3) is 2.55. The Morgan fingerprint density at radius 2 is 2.00 bits per heavy atom. The summed E-state index contributed by atoms with van der Waals surface area (Å²) in [6.07, 6.45) is 3.35. The highest BCUT2D eigenvalue weighted by atomic mass is 32.2. The lowest BCUT2D eigenvalue weighted by molar-refractivity contribution is 0.297. The third-order valence-electron chi connectivity index (χ3n) is 2.78. The molecule has 0 radical (unpaired) electrons. The normalized spacial score (nSPS) is 14.6. The van der Waals surface area contributed by atoms with Crippen molar-refractivity contribution in [3.8, 4) is 11.5 Å². The van der Waals surface area contributed by atoms with E-state index in [-0.39, 0.29) is 4.90 Å². The fourth-order valence-electron chi connectivity index (χ4n) is 1.83. The topological polar surface area (TPSA) is 93.3 Å². The van der Waals surface area contributed by atoms with Crippen molar-refractivity contribution in [2.24, 2.45) is 0 Å². The number of hydrogen-bond donors (Lipinski definition) is 2. The van der Waals surface area contributed by atoms with Crippen LogP contribution in [0, 0.1) is 0 Å². The maximum atomic E-state index is 12.1. The van der Waals surface area contributed by atoms with Gasteiger partial charge in [0.05, 0.1) is 25.1 Å². The first-order valence-corrected chi connectivity index (χ1v) is 7.55. The first-order valence-electron chi connectivity index (χ1n) is 6.06. The summed E-state index contributed by atoms with van der Waals surface area (Å²) in [5.41, 5.74) is 0.412. The summed E-state index contributed by atoms with van der Waals surface area (Å²) >= 11 is 0. The van der Waals surface area contributed by atoms with Crippen LogP contribution in [0.25, 0.3) is 0 Å². The lowest BCUT2D eigenvalue weighted by Crippen LogP contribution is -2.12. The molecule has 1 aliphatic heterocycles. The molecule has 2 heterocycles. The molecular formula is C12H13N3O4S. The second kappa shape index (κ2) is 5.04. The van der Waals surface area contributed by atoms with Gasteiger partial charge in [-0.15, -0.1) is 0 Å². The molecule has 106 valence electrons. The first kappa shape index (κ1) is 12.8. The number of anilines is 1. The monoisotopic (exact) mass is 295 g/mol. The third-order valence-corrected chi connectivity index (χ3v) is 4.13. The van der Waals surface area contributed by atoms with E-state index in [2.05, 4.69) is 14.9 Å². The zero-order valence-electron chi connectivity index (χ0n) is 10.5. The molecule has 0 amide bonds. The van der Waals surface area contributed by atoms with E-state index in [0.29, 0.717) is 30.4 Å². The van der Waals surface area contributed by atoms with E-state index >= 15 is 0 Å². The van der Waals surface area contributed by atoms with Crippen LogP contribution >= 0.6 is 0 Å². The molecule has 0 spiro atoms. The van der Waals surface area contributed by atoms with Crippen LogP contribution in [0.5, 0.6) is 11.5 Å². The minimum absolute atomic E-state index is 0.0737. The lowest BCUT2D eigenvalue weighted by Gasteiger charge is -2.10. The Morgan fingerprint density at radius 3 is 2.75 bits per heavy atom. The average Bonchev–Trinajstić information content (AvgIpc) is 2.86. The molecule has 2 aromatic rings. The predicted octanol–water partition coefficient (Wildman–Crippen LogP) is 1.37. The molecule has 1 aromatic carbocycles. The van der Waals surface area contributed by atoms with Crippen molar-refractivity contribution in [3.05, 3.63) is 30.6 Å². The fraction of sp³-hybridized carbons (Fsp3) is 0.250. The quantitative estimate of drug-likeness (QED) is 0.892. The molecule has 0 unspecified atom stereocenters. The van der Waals surface area contributed by atoms with Crippen LogP contribution in [0.3, 0.4) is 0 Å². The second-order valence-corrected chi connectivity index (χ2v) is 5.93. The lowest BCUT2D eigenvalue weighted by atomic mass is 10.3. The van der Waals surface area contributed by atoms with Crippen molar-refractivity contribution in [3.63, 3.8) is 0 Å². The number of hydrogen-bond acceptors (Lipinski definition) is 5. The van der Waals surface area contributed by atoms with Crippen LogP contribution in [0.15, 0.2) is 35.5 Å². The van der Waals surface area contributed by atoms with Gasteiger partial charge in [0.1, 0.15) is 4.90 Å². The summed E-state index contributed by atoms with van der Waals surface area (Å²) in [4.78, 5) is 0.0737. The van der Waals surface area contributed by atoms with Gasteiger partial charge < -0.3 is 9.47 Å². The van der Waals surface area contributed by atoms with E-state index in [0.717, 1.165) is 6.42 Å². The van der Waals surface area contributed by atoms with Crippen LogP contribution in [0.2, 0.25) is 0 Å². The summed E-state index contributed by atoms with van der Waals surface area (Å²) in [6.45, 7) is 1.14. The Balaban J connectivity index is 1.87. The largest absolute Gasteiger partial charge is 0.490 e. The molecule has 1 aromatic heterocycles. The highest BCUT2D eigenvalue weighted by Crippen LogP contribution is 2.32. The molecular weight excluding hydrogens is 282 g/mol. The molecule has 0 saturated carbocycles. The number of fused-ring (bicyclic) bond motifs is 1. The van der Waals surface area contributed by atoms with Crippen LogP contribution in [-0.4, -0.2) is 31.8 Å². The number of rotatable bonds is 3. The standard InChI is InChI=1S/C12H13N3O4S/c16-20(17,10-7-13-14-8-10)15-9-2-3-11-12(6-9)19-5-1-4-18-11/h2-3,6-8,15H,1,4-5H2,(H,13,14). The summed E-state index contributed by atoms with van der Waals surface area (Å²) in [5.74, 6) is 1.16. The molecule has 0 bridgehead atoms. The Morgan fingerprint density at radius 1 is 1.20 bits per heavy atom. The number of ether oxygens (including phenoxy) is 2. The Bertz CT molecular complexity index is 697. The Labute approximate surface area is 116 Å². The highest BCUT2D eigenvalue weighted by molar-refractivity contribution is 7.92. The molecule has 0 atom stereocenters. The minimum atomic E-state index is -3.65. The van der Waals surface area contributed by atoms with Gasteiger partial charge in [0.2, 0.25) is 0 Å². The van der Waals surface area contributed by atoms with Gasteiger partial charge in [-0.05, 0) is 12.1 Å². The van der Waals surface area contributed by atoms with E-state index in [9.17, 15) is 8.42 Å². The smallest absolute Gasteiger partial charge is 0.265 e. The Hall–Kier alpha value is -2.22. The van der Waals surface area contributed by atoms with Gasteiger partial charge >= 0.3 is 0 Å². The summed E-state index contributed by atoms with van der Waals surface area (Å²) in [7, 11) is -3.65. The van der Waals surface area contributed by atoms with Crippen LogP contribution in [0.1, 0.15) is 6.42 Å². The number of nitrogens with one attached hydrogen (secondary N) is 2. The second-order valence-electron chi connectivity index (χ2n) is 4.25. The number of sulfonamides is 1. The first-order chi connectivity index (χ1) is 9.65. The van der Waals surface area contributed by atoms with Gasteiger partial charge in [0, 0.05) is 18.7 Å². The van der Waals surface area contributed by atoms with Crippen molar-refractivity contribution >= 4 is 15.7 Å². The van der Waals surface area contributed by atoms with E-state index in [1.807, 2.05) is 0 Å². The number of benzene rings is 1. The fourth-order valence-corrected chi connectivity index (χ4v) is 2.78. The average molecular weight is 295 g/mol. The van der Waals surface area contributed by atoms with E-state index in [1.54, 1.807) is 18.2 Å². The molecule has 1 aliphatic rings. The number of aromatic amines is 1. The summed E-state index contributed by atoms with van der Waals surface area (Å²) < 4.78 is 37.6.